The van der Waals surface area contributed by atoms with Gasteiger partial charge in [0, 0.05) is 5.71 Å². The molecule has 18 heavy (non-hydrogen) atoms. The van der Waals surface area contributed by atoms with Crippen molar-refractivity contribution in [3.8, 4) is 5.75 Å². The monoisotopic (exact) mass is 243 g/mol. The van der Waals surface area contributed by atoms with Crippen LogP contribution in [0.15, 0.2) is 28.2 Å². The number of rotatable bonds is 1. The molecule has 1 aliphatic heterocycles. The fourth-order valence-electron chi connectivity index (χ4n) is 2.53. The lowest BCUT2D eigenvalue weighted by atomic mass is 9.80. The highest BCUT2D eigenvalue weighted by atomic mass is 16.5. The molecule has 1 unspecified atom stereocenters. The number of benzene rings is 1. The summed E-state index contributed by atoms with van der Waals surface area (Å²) in [6, 6.07) is 5.80. The lowest BCUT2D eigenvalue weighted by molar-refractivity contribution is -0.118. The minimum Gasteiger partial charge on any atom is -0.497 e. The second-order valence-electron chi connectivity index (χ2n) is 4.41. The van der Waals surface area contributed by atoms with Crippen molar-refractivity contribution in [2.75, 3.05) is 7.11 Å². The number of fused-ring (bicyclic) bond motifs is 3. The van der Waals surface area contributed by atoms with E-state index in [2.05, 4.69) is 9.98 Å². The average molecular weight is 243 g/mol. The van der Waals surface area contributed by atoms with Crippen LogP contribution in [-0.4, -0.2) is 24.7 Å². The van der Waals surface area contributed by atoms with Crippen molar-refractivity contribution in [1.29, 1.82) is 0 Å². The summed E-state index contributed by atoms with van der Waals surface area (Å²) in [6.45, 7) is 0. The van der Waals surface area contributed by atoms with Crippen molar-refractivity contribution in [3.63, 3.8) is 0 Å². The van der Waals surface area contributed by atoms with E-state index in [0.717, 1.165) is 35.4 Å². The number of hydrogen-bond acceptors (Lipinski definition) is 4. The zero-order valence-corrected chi connectivity index (χ0v) is 10.0. The molecule has 5 heteroatoms. The van der Waals surface area contributed by atoms with E-state index in [1.165, 1.54) is 0 Å². The number of hydrogen-bond donors (Lipinski definition) is 1. The van der Waals surface area contributed by atoms with E-state index in [0.29, 0.717) is 0 Å². The Morgan fingerprint density at radius 1 is 1.33 bits per heavy atom. The van der Waals surface area contributed by atoms with Crippen molar-refractivity contribution in [2.45, 2.75) is 18.8 Å². The number of ether oxygens (including phenoxy) is 1. The molecular formula is C13H13N3O2. The summed E-state index contributed by atoms with van der Waals surface area (Å²) in [4.78, 5) is 20.0. The third-order valence-corrected chi connectivity index (χ3v) is 3.38. The quantitative estimate of drug-likeness (QED) is 0.800. The molecular weight excluding hydrogens is 230 g/mol. The summed E-state index contributed by atoms with van der Waals surface area (Å²) in [6.07, 6.45) is 1.63. The molecule has 0 bridgehead atoms. The van der Waals surface area contributed by atoms with Gasteiger partial charge in [0.25, 0.3) is 5.91 Å². The Hall–Kier alpha value is -2.17. The van der Waals surface area contributed by atoms with Crippen LogP contribution in [0.25, 0.3) is 0 Å². The van der Waals surface area contributed by atoms with Crippen LogP contribution in [0.4, 0.5) is 0 Å². The Balaban J connectivity index is 2.12. The Bertz CT molecular complexity index is 590. The van der Waals surface area contributed by atoms with Gasteiger partial charge in [0.2, 0.25) is 5.96 Å². The third kappa shape index (κ3) is 1.59. The second-order valence-corrected chi connectivity index (χ2v) is 4.41. The second kappa shape index (κ2) is 3.94. The van der Waals surface area contributed by atoms with Gasteiger partial charge in [0.15, 0.2) is 0 Å². The molecule has 2 N–H and O–H groups in total. The fourth-order valence-corrected chi connectivity index (χ4v) is 2.53. The maximum Gasteiger partial charge on any atom is 0.262 e. The number of carbonyl (C=O) groups is 1. The highest BCUT2D eigenvalue weighted by Gasteiger charge is 2.34. The standard InChI is InChI=1S/C13H13N3O2/c1-18-8-4-2-7-3-5-10-11(9(7)6-8)12(17)16-13(14)15-10/h2,4,6,11H,3,5H2,1H3,(H2,14,16,17). The Kier molecular flexibility index (Phi) is 2.40. The molecule has 0 saturated heterocycles. The molecule has 0 saturated carbocycles. The lowest BCUT2D eigenvalue weighted by Crippen LogP contribution is -2.33. The molecule has 2 aliphatic rings. The van der Waals surface area contributed by atoms with Crippen LogP contribution in [0.2, 0.25) is 0 Å². The van der Waals surface area contributed by atoms with Crippen LogP contribution in [0.1, 0.15) is 23.5 Å². The van der Waals surface area contributed by atoms with E-state index in [1.807, 2.05) is 18.2 Å². The normalized spacial score (nSPS) is 21.6. The Morgan fingerprint density at radius 3 is 2.94 bits per heavy atom. The SMILES string of the molecule is COc1ccc2c(c1)C1C(=O)N=C(N)N=C1CC2. The fraction of sp³-hybridized carbons (Fsp3) is 0.308. The van der Waals surface area contributed by atoms with E-state index in [1.54, 1.807) is 7.11 Å². The van der Waals surface area contributed by atoms with Gasteiger partial charge in [-0.05, 0) is 36.1 Å². The lowest BCUT2D eigenvalue weighted by Gasteiger charge is -2.27. The first kappa shape index (κ1) is 11.0. The van der Waals surface area contributed by atoms with Crippen molar-refractivity contribution < 1.29 is 9.53 Å². The van der Waals surface area contributed by atoms with Gasteiger partial charge in [-0.3, -0.25) is 4.79 Å². The van der Waals surface area contributed by atoms with Crippen LogP contribution >= 0.6 is 0 Å². The predicted octanol–water partition coefficient (Wildman–Crippen LogP) is 1.02. The van der Waals surface area contributed by atoms with Crippen LogP contribution < -0.4 is 10.5 Å². The minimum absolute atomic E-state index is 0.0672. The first-order valence-electron chi connectivity index (χ1n) is 5.81. The molecule has 0 aromatic heterocycles. The third-order valence-electron chi connectivity index (χ3n) is 3.38. The van der Waals surface area contributed by atoms with E-state index >= 15 is 0 Å². The number of aliphatic imine (C=N–C) groups is 2. The Labute approximate surface area is 104 Å². The molecule has 0 spiro atoms. The highest BCUT2D eigenvalue weighted by Crippen LogP contribution is 2.34. The van der Waals surface area contributed by atoms with Gasteiger partial charge in [-0.25, -0.2) is 4.99 Å². The first-order chi connectivity index (χ1) is 8.69. The number of nitrogens with two attached hydrogens (primary N) is 1. The first-order valence-corrected chi connectivity index (χ1v) is 5.81. The predicted molar refractivity (Wildman–Crippen MR) is 68.1 cm³/mol. The molecule has 1 aliphatic carbocycles. The van der Waals surface area contributed by atoms with Crippen molar-refractivity contribution in [2.24, 2.45) is 15.7 Å². The van der Waals surface area contributed by atoms with E-state index in [4.69, 9.17) is 10.5 Å². The van der Waals surface area contributed by atoms with Crippen LogP contribution in [-0.2, 0) is 11.2 Å². The van der Waals surface area contributed by atoms with E-state index < -0.39 is 0 Å². The van der Waals surface area contributed by atoms with Gasteiger partial charge in [0.05, 0.1) is 7.11 Å². The molecule has 1 amide bonds. The molecule has 1 aromatic carbocycles. The summed E-state index contributed by atoms with van der Waals surface area (Å²) in [5.74, 6) is 0.200. The summed E-state index contributed by atoms with van der Waals surface area (Å²) in [5, 5.41) is 0. The van der Waals surface area contributed by atoms with Crippen LogP contribution in [0, 0.1) is 0 Å². The number of carbonyl (C=O) groups excluding carboxylic acids is 1. The number of guanidine groups is 1. The van der Waals surface area contributed by atoms with Crippen LogP contribution in [0.3, 0.4) is 0 Å². The number of nitrogens with zero attached hydrogens (tertiary/aromatic N) is 2. The van der Waals surface area contributed by atoms with E-state index in [-0.39, 0.29) is 17.8 Å². The number of methoxy groups -OCH3 is 1. The summed E-state index contributed by atoms with van der Waals surface area (Å²) in [5.41, 5.74) is 8.44. The van der Waals surface area contributed by atoms with Gasteiger partial charge in [-0.1, -0.05) is 6.07 Å². The number of amides is 1. The zero-order chi connectivity index (χ0) is 12.7. The van der Waals surface area contributed by atoms with Crippen molar-refractivity contribution in [3.05, 3.63) is 29.3 Å². The van der Waals surface area contributed by atoms with Crippen LogP contribution in [0.5, 0.6) is 5.75 Å². The maximum atomic E-state index is 12.0. The maximum absolute atomic E-state index is 12.0. The zero-order valence-electron chi connectivity index (χ0n) is 10.0. The van der Waals surface area contributed by atoms with Gasteiger partial charge in [-0.15, -0.1) is 0 Å². The van der Waals surface area contributed by atoms with Gasteiger partial charge in [-0.2, -0.15) is 4.99 Å². The largest absolute Gasteiger partial charge is 0.497 e. The molecule has 0 fully saturated rings. The smallest absolute Gasteiger partial charge is 0.262 e. The van der Waals surface area contributed by atoms with E-state index in [9.17, 15) is 4.79 Å². The molecule has 5 nitrogen and oxygen atoms in total. The Morgan fingerprint density at radius 2 is 2.17 bits per heavy atom. The average Bonchev–Trinajstić information content (AvgIpc) is 2.36. The van der Waals surface area contributed by atoms with Gasteiger partial charge in [0.1, 0.15) is 11.7 Å². The number of aryl methyl sites for hydroxylation is 1. The highest BCUT2D eigenvalue weighted by molar-refractivity contribution is 6.19. The molecule has 1 aromatic rings. The van der Waals surface area contributed by atoms with Gasteiger partial charge >= 0.3 is 0 Å². The van der Waals surface area contributed by atoms with Crippen molar-refractivity contribution in [1.82, 2.24) is 0 Å². The molecule has 3 rings (SSSR count). The summed E-state index contributed by atoms with van der Waals surface area (Å²) >= 11 is 0. The molecule has 1 heterocycles. The molecule has 0 radical (unpaired) electrons. The molecule has 92 valence electrons. The molecule has 1 atom stereocenters. The topological polar surface area (TPSA) is 77.0 Å². The summed E-state index contributed by atoms with van der Waals surface area (Å²) in [7, 11) is 1.61. The minimum atomic E-state index is -0.379. The summed E-state index contributed by atoms with van der Waals surface area (Å²) < 4.78 is 5.20. The van der Waals surface area contributed by atoms with Gasteiger partial charge < -0.3 is 10.5 Å². The van der Waals surface area contributed by atoms with Crippen molar-refractivity contribution >= 4 is 17.6 Å².